The summed E-state index contributed by atoms with van der Waals surface area (Å²) in [7, 11) is 0. The van der Waals surface area contributed by atoms with Crippen LogP contribution in [0.25, 0.3) is 0 Å². The van der Waals surface area contributed by atoms with Crippen LogP contribution >= 0.6 is 46.6 Å². The Morgan fingerprint density at radius 1 is 1.16 bits per heavy atom. The van der Waals surface area contributed by atoms with Gasteiger partial charge in [-0.2, -0.15) is 4.99 Å². The van der Waals surface area contributed by atoms with Crippen molar-refractivity contribution in [2.75, 3.05) is 17.3 Å². The number of carbonyl (C=O) groups excluding carboxylic acids is 5. The molecule has 4 heterocycles. The molecule has 5 amide bonds. The molecule has 224 valence electrons. The molecule has 1 saturated heterocycles. The quantitative estimate of drug-likeness (QED) is 0.158. The molecule has 3 aliphatic heterocycles. The normalized spacial score (nSPS) is 20.4. The van der Waals surface area contributed by atoms with Gasteiger partial charge in [0, 0.05) is 11.5 Å². The predicted molar refractivity (Wildman–Crippen MR) is 160 cm³/mol. The van der Waals surface area contributed by atoms with Gasteiger partial charge in [-0.1, -0.05) is 65.2 Å². The van der Waals surface area contributed by atoms with Gasteiger partial charge < -0.3 is 21.1 Å². The van der Waals surface area contributed by atoms with Crippen LogP contribution in [0.5, 0.6) is 0 Å². The molecule has 3 atom stereocenters. The summed E-state index contributed by atoms with van der Waals surface area (Å²) in [5.74, 6) is -3.78. The van der Waals surface area contributed by atoms with Gasteiger partial charge in [-0.05, 0) is 18.1 Å². The molecule has 1 fully saturated rings. The lowest BCUT2D eigenvalue weighted by Gasteiger charge is -2.49. The van der Waals surface area contributed by atoms with E-state index in [1.807, 2.05) is 6.92 Å². The highest BCUT2D eigenvalue weighted by Gasteiger charge is 2.54. The van der Waals surface area contributed by atoms with E-state index in [0.717, 1.165) is 16.8 Å². The maximum absolute atomic E-state index is 13.5. The smallest absolute Gasteiger partial charge is 0.352 e. The number of benzene rings is 1. The van der Waals surface area contributed by atoms with Gasteiger partial charge in [0.25, 0.3) is 11.8 Å². The van der Waals surface area contributed by atoms with Crippen molar-refractivity contribution in [1.82, 2.24) is 31.0 Å². The Morgan fingerprint density at radius 3 is 2.60 bits per heavy atom. The van der Waals surface area contributed by atoms with Crippen molar-refractivity contribution in [3.63, 3.8) is 0 Å². The van der Waals surface area contributed by atoms with Crippen LogP contribution in [-0.2, 0) is 28.8 Å². The van der Waals surface area contributed by atoms with E-state index in [9.17, 15) is 33.9 Å². The maximum Gasteiger partial charge on any atom is 0.352 e. The summed E-state index contributed by atoms with van der Waals surface area (Å²) in [5, 5.41) is 25.8. The zero-order chi connectivity index (χ0) is 30.7. The Kier molecular flexibility index (Phi) is 9.48. The van der Waals surface area contributed by atoms with Crippen LogP contribution < -0.4 is 16.0 Å². The molecule has 1 aromatic carbocycles. The number of amidine groups is 1. The number of aliphatic imine (C=N–C) groups is 1. The van der Waals surface area contributed by atoms with Crippen LogP contribution in [0.15, 0.2) is 50.9 Å². The number of fused-ring (bicyclic) bond motifs is 1. The number of amides is 5. The maximum atomic E-state index is 13.5. The van der Waals surface area contributed by atoms with Crippen molar-refractivity contribution in [2.45, 2.75) is 35.1 Å². The first-order valence-electron chi connectivity index (χ1n) is 12.6. The lowest BCUT2D eigenvalue weighted by Crippen LogP contribution is -2.71. The first-order chi connectivity index (χ1) is 20.6. The SMILES string of the molecule is Cc1nnc(SCC2=C(C(=O)O)N3C(=O)C(NC(=O)C(NC(=O)CSC4=NC(=O)CC(=O)N4)c4ccccc4)[C@@H]3SC2)s1. The van der Waals surface area contributed by atoms with Crippen LogP contribution in [0.3, 0.4) is 0 Å². The van der Waals surface area contributed by atoms with E-state index in [2.05, 4.69) is 31.1 Å². The fourth-order valence-electron chi connectivity index (χ4n) is 4.35. The van der Waals surface area contributed by atoms with E-state index in [4.69, 9.17) is 0 Å². The summed E-state index contributed by atoms with van der Waals surface area (Å²) >= 11 is 4.91. The van der Waals surface area contributed by atoms with Crippen LogP contribution in [-0.4, -0.2) is 89.6 Å². The van der Waals surface area contributed by atoms with Crippen molar-refractivity contribution < 1.29 is 33.9 Å². The standard InChI is InChI=1S/C25H23N7O7S4/c1-11-30-31-25(43-11)42-9-13-8-40-22-18(21(37)32(22)19(13)23(38)39)29-20(36)17(12-5-3-2-4-6-12)26-16(35)10-41-24-27-14(33)7-15(34)28-24/h2-6,17-18,22H,7-10H2,1H3,(H,26,35)(H,29,36)(H,38,39)(H,27,28,33,34)/t17?,18?,22-/m0/s1. The third-order valence-corrected chi connectivity index (χ3v) is 10.5. The van der Waals surface area contributed by atoms with Crippen molar-refractivity contribution in [2.24, 2.45) is 4.99 Å². The zero-order valence-electron chi connectivity index (χ0n) is 22.3. The highest BCUT2D eigenvalue weighted by atomic mass is 32.2. The lowest BCUT2D eigenvalue weighted by molar-refractivity contribution is -0.151. The summed E-state index contributed by atoms with van der Waals surface area (Å²) in [6, 6.07) is 6.22. The Bertz CT molecular complexity index is 1560. The molecule has 0 aliphatic carbocycles. The Balaban J connectivity index is 1.25. The van der Waals surface area contributed by atoms with Crippen molar-refractivity contribution in [1.29, 1.82) is 0 Å². The monoisotopic (exact) mass is 661 g/mol. The van der Waals surface area contributed by atoms with E-state index in [0.29, 0.717) is 27.0 Å². The third-order valence-electron chi connectivity index (χ3n) is 6.25. The van der Waals surface area contributed by atoms with Gasteiger partial charge in [0.05, 0.1) is 5.75 Å². The number of hydrogen-bond donors (Lipinski definition) is 4. The molecule has 0 spiro atoms. The number of aromatic nitrogens is 2. The Morgan fingerprint density at radius 2 is 1.93 bits per heavy atom. The summed E-state index contributed by atoms with van der Waals surface area (Å²) in [5.41, 5.74) is 0.917. The van der Waals surface area contributed by atoms with Crippen LogP contribution in [0.1, 0.15) is 23.0 Å². The van der Waals surface area contributed by atoms with Gasteiger partial charge in [-0.15, -0.1) is 22.0 Å². The molecule has 0 bridgehead atoms. The summed E-state index contributed by atoms with van der Waals surface area (Å²) in [4.78, 5) is 79.6. The minimum absolute atomic E-state index is 0.00918. The van der Waals surface area contributed by atoms with Crippen LogP contribution in [0.4, 0.5) is 0 Å². The van der Waals surface area contributed by atoms with E-state index >= 15 is 0 Å². The fourth-order valence-corrected chi connectivity index (χ4v) is 8.35. The molecule has 2 aromatic rings. The van der Waals surface area contributed by atoms with Crippen molar-refractivity contribution >= 4 is 87.3 Å². The van der Waals surface area contributed by atoms with Gasteiger partial charge in [-0.3, -0.25) is 28.9 Å². The molecule has 1 aromatic heterocycles. The number of carbonyl (C=O) groups is 6. The first-order valence-corrected chi connectivity index (χ1v) is 16.5. The summed E-state index contributed by atoms with van der Waals surface area (Å²) < 4.78 is 0.694. The van der Waals surface area contributed by atoms with E-state index in [1.54, 1.807) is 30.3 Å². The molecule has 14 nitrogen and oxygen atoms in total. The van der Waals surface area contributed by atoms with Gasteiger partial charge in [0.2, 0.25) is 17.7 Å². The highest BCUT2D eigenvalue weighted by Crippen LogP contribution is 2.42. The minimum Gasteiger partial charge on any atom is -0.477 e. The van der Waals surface area contributed by atoms with Gasteiger partial charge in [0.15, 0.2) is 9.51 Å². The fraction of sp³-hybridized carbons (Fsp3) is 0.320. The number of rotatable bonds is 10. The highest BCUT2D eigenvalue weighted by molar-refractivity contribution is 8.14. The van der Waals surface area contributed by atoms with Crippen LogP contribution in [0, 0.1) is 6.92 Å². The Hall–Kier alpha value is -3.74. The number of nitrogens with zero attached hydrogens (tertiary/aromatic N) is 4. The van der Waals surface area contributed by atoms with Gasteiger partial charge in [-0.25, -0.2) is 4.79 Å². The first kappa shape index (κ1) is 30.7. The average Bonchev–Trinajstić information content (AvgIpc) is 3.40. The van der Waals surface area contributed by atoms with E-state index in [-0.39, 0.29) is 23.0 Å². The molecule has 4 N–H and O–H groups in total. The summed E-state index contributed by atoms with van der Waals surface area (Å²) in [6.45, 7) is 1.82. The second-order valence-corrected chi connectivity index (χ2v) is 13.7. The number of aliphatic carboxylic acids is 1. The molecule has 2 unspecified atom stereocenters. The zero-order valence-corrected chi connectivity index (χ0v) is 25.5. The number of thioether (sulfide) groups is 3. The van der Waals surface area contributed by atoms with E-state index < -0.39 is 53.0 Å². The van der Waals surface area contributed by atoms with Crippen molar-refractivity contribution in [3.8, 4) is 0 Å². The number of nitrogens with one attached hydrogen (secondary N) is 3. The molecular formula is C25H23N7O7S4. The number of carboxylic acids is 1. The topological polar surface area (TPSA) is 200 Å². The molecule has 3 aliphatic rings. The van der Waals surface area contributed by atoms with E-state index in [1.165, 1.54) is 39.8 Å². The molecule has 43 heavy (non-hydrogen) atoms. The minimum atomic E-state index is -1.24. The summed E-state index contributed by atoms with van der Waals surface area (Å²) in [6.07, 6.45) is -0.364. The Labute approximate surface area is 260 Å². The van der Waals surface area contributed by atoms with Gasteiger partial charge >= 0.3 is 5.97 Å². The number of carboxylic acid groups (broad SMARTS) is 1. The third kappa shape index (κ3) is 7.09. The number of hydrogen-bond acceptors (Lipinski definition) is 12. The second kappa shape index (κ2) is 13.3. The lowest BCUT2D eigenvalue weighted by atomic mass is 10.0. The molecular weight excluding hydrogens is 639 g/mol. The molecule has 0 radical (unpaired) electrons. The molecule has 5 rings (SSSR count). The predicted octanol–water partition coefficient (Wildman–Crippen LogP) is 0.670. The van der Waals surface area contributed by atoms with Gasteiger partial charge in [0.1, 0.15) is 34.6 Å². The van der Waals surface area contributed by atoms with Crippen molar-refractivity contribution in [3.05, 3.63) is 52.2 Å². The number of aryl methyl sites for hydroxylation is 1. The van der Waals surface area contributed by atoms with Crippen LogP contribution in [0.2, 0.25) is 0 Å². The molecule has 18 heteroatoms. The number of β-lactam (4-membered cyclic amide) rings is 1. The largest absolute Gasteiger partial charge is 0.477 e. The average molecular weight is 662 g/mol. The molecule has 0 saturated carbocycles. The second-order valence-electron chi connectivity index (χ2n) is 9.26.